The number of para-hydroxylation sites is 1. The molecule has 8 heteroatoms. The first kappa shape index (κ1) is 23.0. The summed E-state index contributed by atoms with van der Waals surface area (Å²) in [4.78, 5) is 18.9. The summed E-state index contributed by atoms with van der Waals surface area (Å²) >= 11 is 0. The number of amides is 1. The largest absolute Gasteiger partial charge is 0.496 e. The van der Waals surface area contributed by atoms with Gasteiger partial charge in [0.1, 0.15) is 11.5 Å². The van der Waals surface area contributed by atoms with Crippen LogP contribution in [-0.4, -0.2) is 48.6 Å². The minimum absolute atomic E-state index is 0. The molecule has 2 unspecified atom stereocenters. The van der Waals surface area contributed by atoms with Crippen molar-refractivity contribution in [1.29, 1.82) is 0 Å². The summed E-state index contributed by atoms with van der Waals surface area (Å²) in [5, 5.41) is 3.36. The Hall–Kier alpha value is -2.02. The fourth-order valence-electron chi connectivity index (χ4n) is 3.09. The Morgan fingerprint density at radius 1 is 1.26 bits per heavy atom. The van der Waals surface area contributed by atoms with Crippen LogP contribution in [0.2, 0.25) is 0 Å². The maximum atomic E-state index is 13.0. The number of methoxy groups -OCH3 is 1. The van der Waals surface area contributed by atoms with Gasteiger partial charge in [0, 0.05) is 31.4 Å². The minimum atomic E-state index is -0.584. The van der Waals surface area contributed by atoms with Crippen molar-refractivity contribution in [2.24, 2.45) is 0 Å². The Morgan fingerprint density at radius 3 is 2.74 bits per heavy atom. The molecular weight excluding hydrogens is 389 g/mol. The van der Waals surface area contributed by atoms with Crippen LogP contribution in [0.5, 0.6) is 11.5 Å². The molecule has 148 valence electrons. The highest BCUT2D eigenvalue weighted by atomic mass is 35.5. The van der Waals surface area contributed by atoms with Crippen molar-refractivity contribution in [2.75, 3.05) is 26.7 Å². The number of nitrogens with one attached hydrogen (secondary N) is 1. The van der Waals surface area contributed by atoms with Gasteiger partial charge in [-0.05, 0) is 25.1 Å². The summed E-state index contributed by atoms with van der Waals surface area (Å²) in [7, 11) is 1.65. The number of nitrogens with zero attached hydrogens (tertiary/aromatic N) is 2. The second-order valence-electron chi connectivity index (χ2n) is 5.94. The van der Waals surface area contributed by atoms with Crippen LogP contribution >= 0.6 is 24.8 Å². The topological polar surface area (TPSA) is 63.7 Å². The number of halogens is 2. The Bertz CT molecular complexity index is 718. The van der Waals surface area contributed by atoms with Crippen molar-refractivity contribution in [3.8, 4) is 11.5 Å². The van der Waals surface area contributed by atoms with Gasteiger partial charge in [0.05, 0.1) is 19.3 Å². The molecule has 3 rings (SSSR count). The number of benzene rings is 1. The molecule has 2 atom stereocenters. The van der Waals surface area contributed by atoms with Crippen molar-refractivity contribution in [1.82, 2.24) is 15.2 Å². The third-order valence-electron chi connectivity index (χ3n) is 4.32. The monoisotopic (exact) mass is 413 g/mol. The van der Waals surface area contributed by atoms with E-state index in [1.807, 2.05) is 29.2 Å². The van der Waals surface area contributed by atoms with E-state index in [0.717, 1.165) is 17.9 Å². The number of hydrogen-bond donors (Lipinski definition) is 1. The molecule has 6 nitrogen and oxygen atoms in total. The summed E-state index contributed by atoms with van der Waals surface area (Å²) < 4.78 is 11.2. The van der Waals surface area contributed by atoms with Gasteiger partial charge in [0.25, 0.3) is 5.91 Å². The molecule has 1 aromatic heterocycles. The lowest BCUT2D eigenvalue weighted by Gasteiger charge is -2.38. The van der Waals surface area contributed by atoms with Crippen LogP contribution in [0.3, 0.4) is 0 Å². The van der Waals surface area contributed by atoms with E-state index in [1.165, 1.54) is 0 Å². The van der Waals surface area contributed by atoms with Crippen LogP contribution in [0, 0.1) is 0 Å². The lowest BCUT2D eigenvalue weighted by Crippen LogP contribution is -2.52. The molecule has 0 spiro atoms. The maximum absolute atomic E-state index is 13.0. The predicted molar refractivity (Wildman–Crippen MR) is 109 cm³/mol. The molecule has 1 aliphatic heterocycles. The second-order valence-corrected chi connectivity index (χ2v) is 5.94. The molecular formula is C19H25Cl2N3O3. The Kier molecular flexibility index (Phi) is 9.35. The highest BCUT2D eigenvalue weighted by Gasteiger charge is 2.32. The fraction of sp³-hybridized carbons (Fsp3) is 0.368. The molecule has 0 aliphatic carbocycles. The number of hydrogen-bond acceptors (Lipinski definition) is 5. The van der Waals surface area contributed by atoms with E-state index in [9.17, 15) is 4.79 Å². The molecule has 1 fully saturated rings. The summed E-state index contributed by atoms with van der Waals surface area (Å²) in [6, 6.07) is 11.3. The van der Waals surface area contributed by atoms with E-state index in [1.54, 1.807) is 38.6 Å². The molecule has 1 aromatic carbocycles. The van der Waals surface area contributed by atoms with Gasteiger partial charge >= 0.3 is 0 Å². The van der Waals surface area contributed by atoms with Crippen molar-refractivity contribution in [3.63, 3.8) is 0 Å². The molecule has 0 saturated carbocycles. The van der Waals surface area contributed by atoms with E-state index in [-0.39, 0.29) is 36.8 Å². The normalized spacial score (nSPS) is 17.1. The number of ether oxygens (including phenoxy) is 2. The molecule has 1 saturated heterocycles. The summed E-state index contributed by atoms with van der Waals surface area (Å²) in [6.07, 6.45) is 2.70. The molecule has 1 amide bonds. The van der Waals surface area contributed by atoms with Crippen molar-refractivity contribution >= 4 is 30.7 Å². The molecule has 0 bridgehead atoms. The van der Waals surface area contributed by atoms with Crippen LogP contribution < -0.4 is 14.8 Å². The Balaban J connectivity index is 0.00000182. The van der Waals surface area contributed by atoms with E-state index >= 15 is 0 Å². The standard InChI is InChI=1S/C19H23N3O3.2ClH/c1-14(25-15-6-5-9-20-12-15)19(23)22-11-10-21-13-17(22)16-7-3-4-8-18(16)24-2;;/h3-9,12,14,17,21H,10-11,13H2,1-2H3;2*1H. The van der Waals surface area contributed by atoms with Gasteiger partial charge in [-0.1, -0.05) is 18.2 Å². The first-order valence-corrected chi connectivity index (χ1v) is 8.41. The molecule has 1 N–H and O–H groups in total. The molecule has 1 aliphatic rings. The van der Waals surface area contributed by atoms with Crippen molar-refractivity contribution in [3.05, 3.63) is 54.4 Å². The number of piperazine rings is 1. The average molecular weight is 414 g/mol. The number of rotatable bonds is 5. The summed E-state index contributed by atoms with van der Waals surface area (Å²) in [5.74, 6) is 1.34. The maximum Gasteiger partial charge on any atom is 0.263 e. The van der Waals surface area contributed by atoms with Gasteiger partial charge in [-0.2, -0.15) is 0 Å². The van der Waals surface area contributed by atoms with Crippen molar-refractivity contribution in [2.45, 2.75) is 19.1 Å². The lowest BCUT2D eigenvalue weighted by atomic mass is 10.0. The first-order valence-electron chi connectivity index (χ1n) is 8.41. The number of aromatic nitrogens is 1. The van der Waals surface area contributed by atoms with Gasteiger partial charge in [0.2, 0.25) is 0 Å². The molecule has 2 heterocycles. The van der Waals surface area contributed by atoms with Gasteiger partial charge in [-0.15, -0.1) is 24.8 Å². The smallest absolute Gasteiger partial charge is 0.263 e. The van der Waals surface area contributed by atoms with Crippen LogP contribution in [0.4, 0.5) is 0 Å². The predicted octanol–water partition coefficient (Wildman–Crippen LogP) is 2.87. The first-order chi connectivity index (χ1) is 12.2. The van der Waals surface area contributed by atoms with Crippen LogP contribution in [0.1, 0.15) is 18.5 Å². The highest BCUT2D eigenvalue weighted by Crippen LogP contribution is 2.30. The van der Waals surface area contributed by atoms with E-state index < -0.39 is 6.10 Å². The number of pyridine rings is 1. The SMILES string of the molecule is COc1ccccc1C1CNCCN1C(=O)C(C)Oc1cccnc1.Cl.Cl. The van der Waals surface area contributed by atoms with Gasteiger partial charge < -0.3 is 19.7 Å². The Labute approximate surface area is 172 Å². The van der Waals surface area contributed by atoms with Crippen molar-refractivity contribution < 1.29 is 14.3 Å². The molecule has 0 radical (unpaired) electrons. The Morgan fingerprint density at radius 2 is 2.04 bits per heavy atom. The minimum Gasteiger partial charge on any atom is -0.496 e. The number of carbonyl (C=O) groups excluding carboxylic acids is 1. The van der Waals surface area contributed by atoms with Gasteiger partial charge in [0.15, 0.2) is 6.10 Å². The summed E-state index contributed by atoms with van der Waals surface area (Å²) in [6.45, 7) is 3.85. The quantitative estimate of drug-likeness (QED) is 0.815. The highest BCUT2D eigenvalue weighted by molar-refractivity contribution is 5.85. The molecule has 27 heavy (non-hydrogen) atoms. The summed E-state index contributed by atoms with van der Waals surface area (Å²) in [5.41, 5.74) is 0.999. The molecule has 2 aromatic rings. The second kappa shape index (κ2) is 11.0. The van der Waals surface area contributed by atoms with Crippen LogP contribution in [0.15, 0.2) is 48.8 Å². The van der Waals surface area contributed by atoms with Gasteiger partial charge in [-0.3, -0.25) is 9.78 Å². The van der Waals surface area contributed by atoms with Gasteiger partial charge in [-0.25, -0.2) is 0 Å². The fourth-order valence-corrected chi connectivity index (χ4v) is 3.09. The zero-order valence-electron chi connectivity index (χ0n) is 15.3. The average Bonchev–Trinajstić information content (AvgIpc) is 2.68. The van der Waals surface area contributed by atoms with Crippen LogP contribution in [-0.2, 0) is 4.79 Å². The lowest BCUT2D eigenvalue weighted by molar-refractivity contribution is -0.141. The van der Waals surface area contributed by atoms with E-state index in [0.29, 0.717) is 18.8 Å². The third kappa shape index (κ3) is 5.48. The third-order valence-corrected chi connectivity index (χ3v) is 4.32. The number of carbonyl (C=O) groups is 1. The van der Waals surface area contributed by atoms with E-state index in [2.05, 4.69) is 10.3 Å². The van der Waals surface area contributed by atoms with E-state index in [4.69, 9.17) is 9.47 Å². The zero-order valence-corrected chi connectivity index (χ0v) is 17.0. The van der Waals surface area contributed by atoms with Crippen LogP contribution in [0.25, 0.3) is 0 Å². The zero-order chi connectivity index (χ0) is 17.6.